The lowest BCUT2D eigenvalue weighted by molar-refractivity contribution is -0.116. The first-order chi connectivity index (χ1) is 11.9. The van der Waals surface area contributed by atoms with E-state index in [2.05, 4.69) is 10.3 Å². The molecule has 8 nitrogen and oxygen atoms in total. The van der Waals surface area contributed by atoms with E-state index in [0.717, 1.165) is 17.0 Å². The first-order valence-electron chi connectivity index (χ1n) is 7.75. The highest BCUT2D eigenvalue weighted by molar-refractivity contribution is 7.12. The second-order valence-corrected chi connectivity index (χ2v) is 6.84. The number of rotatable bonds is 5. The zero-order valence-corrected chi connectivity index (χ0v) is 14.7. The number of aromatic nitrogens is 2. The monoisotopic (exact) mass is 362 g/mol. The average Bonchev–Trinajstić information content (AvgIpc) is 3.17. The molecule has 0 radical (unpaired) electrons. The van der Waals surface area contributed by atoms with Gasteiger partial charge in [0.25, 0.3) is 5.56 Å². The molecule has 1 aliphatic heterocycles. The molecule has 2 aromatic heterocycles. The summed E-state index contributed by atoms with van der Waals surface area (Å²) < 4.78 is 1.53. The fourth-order valence-electron chi connectivity index (χ4n) is 2.80. The molecule has 0 aliphatic carbocycles. The summed E-state index contributed by atoms with van der Waals surface area (Å²) in [5, 5.41) is 13.3. The quantitative estimate of drug-likeness (QED) is 0.828. The number of hydrogen-bond donors (Lipinski definition) is 2. The molecule has 2 N–H and O–H groups in total. The van der Waals surface area contributed by atoms with Gasteiger partial charge in [-0.05, 0) is 18.4 Å². The Kier molecular flexibility index (Phi) is 4.69. The third-order valence-corrected chi connectivity index (χ3v) is 5.14. The van der Waals surface area contributed by atoms with Gasteiger partial charge in [0, 0.05) is 33.1 Å². The minimum atomic E-state index is -1.06. The van der Waals surface area contributed by atoms with Crippen molar-refractivity contribution in [2.24, 2.45) is 7.05 Å². The molecule has 9 heteroatoms. The van der Waals surface area contributed by atoms with Crippen LogP contribution in [0.5, 0.6) is 0 Å². The molecule has 0 spiro atoms. The maximum Gasteiger partial charge on any atom is 0.348 e. The number of fused-ring (bicyclic) bond motifs is 1. The molecule has 1 amide bonds. The third-order valence-electron chi connectivity index (χ3n) is 4.24. The number of thiophene rings is 1. The van der Waals surface area contributed by atoms with E-state index in [1.165, 1.54) is 4.57 Å². The summed E-state index contributed by atoms with van der Waals surface area (Å²) in [6, 6.07) is 1.58. The minimum absolute atomic E-state index is 0.0428. The van der Waals surface area contributed by atoms with Crippen molar-refractivity contribution in [3.63, 3.8) is 0 Å². The van der Waals surface area contributed by atoms with Crippen LogP contribution < -0.4 is 10.9 Å². The Bertz CT molecular complexity index is 902. The van der Waals surface area contributed by atoms with Crippen LogP contribution in [0.1, 0.15) is 33.2 Å². The van der Waals surface area contributed by atoms with Crippen LogP contribution >= 0.6 is 11.3 Å². The highest BCUT2D eigenvalue weighted by Crippen LogP contribution is 2.23. The van der Waals surface area contributed by atoms with E-state index in [4.69, 9.17) is 5.11 Å². The molecular weight excluding hydrogens is 344 g/mol. The molecular formula is C16H18N4O4S. The highest BCUT2D eigenvalue weighted by Gasteiger charge is 2.25. The van der Waals surface area contributed by atoms with Crippen molar-refractivity contribution in [3.05, 3.63) is 43.8 Å². The molecule has 3 rings (SSSR count). The maximum absolute atomic E-state index is 12.2. The molecule has 0 unspecified atom stereocenters. The predicted molar refractivity (Wildman–Crippen MR) is 92.9 cm³/mol. The third kappa shape index (κ3) is 3.47. The lowest BCUT2D eigenvalue weighted by atomic mass is 10.2. The summed E-state index contributed by atoms with van der Waals surface area (Å²) in [6.07, 6.45) is 0.211. The Hall–Kier alpha value is -2.52. The molecule has 0 aromatic carbocycles. The van der Waals surface area contributed by atoms with Crippen molar-refractivity contribution in [1.29, 1.82) is 0 Å². The van der Waals surface area contributed by atoms with Gasteiger partial charge in [-0.2, -0.15) is 0 Å². The van der Waals surface area contributed by atoms with Crippen LogP contribution in [-0.2, 0) is 24.9 Å². The lowest BCUT2D eigenvalue weighted by Gasteiger charge is -2.13. The van der Waals surface area contributed by atoms with Crippen LogP contribution in [0.3, 0.4) is 0 Å². The van der Waals surface area contributed by atoms with Gasteiger partial charge in [0.15, 0.2) is 0 Å². The molecule has 0 saturated heterocycles. The standard InChI is InChI=1S/C16H18N4O4S/c1-9-17-12-8-20(7-10(12)15(22)19(9)2)5-3-13(21)18-11-4-6-25-14(11)16(23)24/h4,6H,3,5,7-8H2,1-2H3,(H,18,21)(H,23,24). The molecule has 0 fully saturated rings. The molecule has 2 aromatic rings. The number of aryl methyl sites for hydroxylation is 1. The van der Waals surface area contributed by atoms with Crippen LogP contribution in [0.4, 0.5) is 5.69 Å². The summed E-state index contributed by atoms with van der Waals surface area (Å²) in [4.78, 5) is 41.9. The smallest absolute Gasteiger partial charge is 0.348 e. The number of carboxylic acid groups (broad SMARTS) is 1. The van der Waals surface area contributed by atoms with Crippen LogP contribution in [0, 0.1) is 6.92 Å². The van der Waals surface area contributed by atoms with Gasteiger partial charge in [-0.1, -0.05) is 0 Å². The molecule has 3 heterocycles. The van der Waals surface area contributed by atoms with Gasteiger partial charge < -0.3 is 10.4 Å². The van der Waals surface area contributed by atoms with Crippen molar-refractivity contribution in [3.8, 4) is 0 Å². The van der Waals surface area contributed by atoms with Crippen LogP contribution in [0.15, 0.2) is 16.2 Å². The van der Waals surface area contributed by atoms with Gasteiger partial charge in [-0.3, -0.25) is 19.1 Å². The topological polar surface area (TPSA) is 105 Å². The van der Waals surface area contributed by atoms with Gasteiger partial charge >= 0.3 is 5.97 Å². The number of carbonyl (C=O) groups is 2. The van der Waals surface area contributed by atoms with E-state index in [1.807, 2.05) is 4.90 Å². The zero-order valence-electron chi connectivity index (χ0n) is 13.9. The van der Waals surface area contributed by atoms with Crippen molar-refractivity contribution in [2.75, 3.05) is 11.9 Å². The molecule has 25 heavy (non-hydrogen) atoms. The number of nitrogens with one attached hydrogen (secondary N) is 1. The van der Waals surface area contributed by atoms with Crippen LogP contribution in [0.2, 0.25) is 0 Å². The zero-order chi connectivity index (χ0) is 18.1. The average molecular weight is 362 g/mol. The van der Waals surface area contributed by atoms with E-state index in [9.17, 15) is 14.4 Å². The Morgan fingerprint density at radius 3 is 2.88 bits per heavy atom. The number of amides is 1. The Balaban J connectivity index is 1.59. The number of carbonyl (C=O) groups excluding carboxylic acids is 1. The van der Waals surface area contributed by atoms with E-state index in [1.54, 1.807) is 25.4 Å². The number of carboxylic acids is 1. The summed E-state index contributed by atoms with van der Waals surface area (Å²) in [5.41, 5.74) is 1.73. The first-order valence-corrected chi connectivity index (χ1v) is 8.63. The predicted octanol–water partition coefficient (Wildman–Crippen LogP) is 1.19. The number of nitrogens with zero attached hydrogens (tertiary/aromatic N) is 3. The second-order valence-electron chi connectivity index (χ2n) is 5.93. The number of aromatic carboxylic acids is 1. The van der Waals surface area contributed by atoms with E-state index in [0.29, 0.717) is 36.7 Å². The molecule has 0 atom stereocenters. The maximum atomic E-state index is 12.2. The Labute approximate surface area is 147 Å². The van der Waals surface area contributed by atoms with E-state index < -0.39 is 5.97 Å². The fraction of sp³-hybridized carbons (Fsp3) is 0.375. The Morgan fingerprint density at radius 2 is 2.16 bits per heavy atom. The van der Waals surface area contributed by atoms with Crippen LogP contribution in [0.25, 0.3) is 0 Å². The van der Waals surface area contributed by atoms with Gasteiger partial charge in [0.05, 0.1) is 16.9 Å². The first kappa shape index (κ1) is 17.3. The van der Waals surface area contributed by atoms with Gasteiger partial charge in [0.2, 0.25) is 5.91 Å². The SMILES string of the molecule is Cc1nc2c(c(=O)n1C)CN(CCC(=O)Nc1ccsc1C(=O)O)C2. The largest absolute Gasteiger partial charge is 0.477 e. The molecule has 0 bridgehead atoms. The highest BCUT2D eigenvalue weighted by atomic mass is 32.1. The minimum Gasteiger partial charge on any atom is -0.477 e. The van der Waals surface area contributed by atoms with E-state index >= 15 is 0 Å². The van der Waals surface area contributed by atoms with Crippen molar-refractivity contribution < 1.29 is 14.7 Å². The number of anilines is 1. The van der Waals surface area contributed by atoms with Gasteiger partial charge in [-0.15, -0.1) is 11.3 Å². The summed E-state index contributed by atoms with van der Waals surface area (Å²) >= 11 is 1.07. The van der Waals surface area contributed by atoms with Gasteiger partial charge in [0.1, 0.15) is 10.7 Å². The molecule has 132 valence electrons. The van der Waals surface area contributed by atoms with Crippen molar-refractivity contribution in [1.82, 2.24) is 14.5 Å². The molecule has 0 saturated carbocycles. The van der Waals surface area contributed by atoms with Crippen molar-refractivity contribution in [2.45, 2.75) is 26.4 Å². The lowest BCUT2D eigenvalue weighted by Crippen LogP contribution is -2.26. The fourth-order valence-corrected chi connectivity index (χ4v) is 3.48. The normalized spacial score (nSPS) is 13.7. The van der Waals surface area contributed by atoms with Crippen LogP contribution in [-0.4, -0.2) is 38.0 Å². The second kappa shape index (κ2) is 6.77. The van der Waals surface area contributed by atoms with Crippen molar-refractivity contribution >= 4 is 28.9 Å². The van der Waals surface area contributed by atoms with Gasteiger partial charge in [-0.25, -0.2) is 9.78 Å². The number of hydrogen-bond acceptors (Lipinski definition) is 6. The summed E-state index contributed by atoms with van der Waals surface area (Å²) in [7, 11) is 1.70. The summed E-state index contributed by atoms with van der Waals surface area (Å²) in [5.74, 6) is -0.645. The summed E-state index contributed by atoms with van der Waals surface area (Å²) in [6.45, 7) is 3.27. The molecule has 1 aliphatic rings. The Morgan fingerprint density at radius 1 is 1.40 bits per heavy atom. The van der Waals surface area contributed by atoms with E-state index in [-0.39, 0.29) is 22.8 Å².